The van der Waals surface area contributed by atoms with Crippen molar-refractivity contribution >= 4 is 17.9 Å². The second kappa shape index (κ2) is 22.5. The van der Waals surface area contributed by atoms with Gasteiger partial charge in [-0.2, -0.15) is 0 Å². The highest BCUT2D eigenvalue weighted by molar-refractivity contribution is 5.89. The van der Waals surface area contributed by atoms with E-state index in [9.17, 15) is 70.6 Å². The number of esters is 2. The zero-order valence-electron chi connectivity index (χ0n) is 47.3. The highest BCUT2D eigenvalue weighted by Crippen LogP contribution is 2.76. The summed E-state index contributed by atoms with van der Waals surface area (Å²) in [7, 11) is 0. The molecule has 3 aliphatic heterocycles. The van der Waals surface area contributed by atoms with Crippen molar-refractivity contribution in [2.75, 3.05) is 19.8 Å². The van der Waals surface area contributed by atoms with Crippen molar-refractivity contribution in [1.29, 1.82) is 0 Å². The third kappa shape index (κ3) is 9.99. The predicted octanol–water partition coefficient (Wildman–Crippen LogP) is 1.29. The Hall–Kier alpha value is -3.01. The van der Waals surface area contributed by atoms with Crippen LogP contribution in [0.25, 0.3) is 0 Å². The van der Waals surface area contributed by atoms with E-state index >= 15 is 0 Å². The van der Waals surface area contributed by atoms with E-state index < -0.39 is 181 Å². The van der Waals surface area contributed by atoms with Gasteiger partial charge in [0.25, 0.3) is 0 Å². The van der Waals surface area contributed by atoms with Crippen molar-refractivity contribution in [2.45, 2.75) is 232 Å². The number of allylic oxidation sites excluding steroid dienone is 4. The molecule has 5 aliphatic carbocycles. The van der Waals surface area contributed by atoms with Gasteiger partial charge in [-0.05, 0) is 112 Å². The molecule has 22 heteroatoms. The molecule has 0 aromatic rings. The van der Waals surface area contributed by atoms with Gasteiger partial charge in [0.05, 0.1) is 37.4 Å². The third-order valence-corrected chi connectivity index (χ3v) is 21.3. The first-order chi connectivity index (χ1) is 36.9. The Morgan fingerprint density at radius 3 is 1.73 bits per heavy atom. The Bertz CT molecular complexity index is 2350. The summed E-state index contributed by atoms with van der Waals surface area (Å²) in [6.07, 6.45) is -20.2. The van der Waals surface area contributed by atoms with Crippen LogP contribution < -0.4 is 0 Å². The van der Waals surface area contributed by atoms with Crippen LogP contribution >= 0.6 is 0 Å². The summed E-state index contributed by atoms with van der Waals surface area (Å²) in [5.74, 6) is -3.40. The lowest BCUT2D eigenvalue weighted by atomic mass is 9.33. The maximum Gasteiger partial charge on any atom is 0.335 e. The van der Waals surface area contributed by atoms with Crippen LogP contribution in [0.3, 0.4) is 0 Å². The number of carbonyl (C=O) groups is 3. The molecule has 8 aliphatic rings. The molecule has 3 saturated heterocycles. The average Bonchev–Trinajstić information content (AvgIpc) is 3.87. The van der Waals surface area contributed by atoms with Crippen molar-refractivity contribution in [3.63, 3.8) is 0 Å². The summed E-state index contributed by atoms with van der Waals surface area (Å²) in [6, 6.07) is 0. The van der Waals surface area contributed by atoms with Crippen LogP contribution in [-0.2, 0) is 52.3 Å². The van der Waals surface area contributed by atoms with Crippen molar-refractivity contribution in [1.82, 2.24) is 0 Å². The predicted molar refractivity (Wildman–Crippen MR) is 275 cm³/mol. The van der Waals surface area contributed by atoms with Crippen LogP contribution in [0.1, 0.15) is 121 Å². The first kappa shape index (κ1) is 62.0. The minimum atomic E-state index is -2.10. The molecule has 0 aromatic carbocycles. The molecular formula is C57H88O22. The minimum absolute atomic E-state index is 0.0232. The fourth-order valence-corrected chi connectivity index (χ4v) is 16.2. The summed E-state index contributed by atoms with van der Waals surface area (Å²) < 4.78 is 49.2. The Morgan fingerprint density at radius 2 is 1.19 bits per heavy atom. The van der Waals surface area contributed by atoms with Gasteiger partial charge in [-0.1, -0.05) is 72.3 Å². The van der Waals surface area contributed by atoms with Crippen LogP contribution in [0, 0.1) is 50.2 Å². The van der Waals surface area contributed by atoms with Crippen molar-refractivity contribution < 1.29 is 108 Å². The molecule has 0 amide bonds. The molecule has 79 heavy (non-hydrogen) atoms. The molecule has 0 radical (unpaired) electrons. The zero-order valence-corrected chi connectivity index (χ0v) is 47.3. The normalized spacial score (nSPS) is 48.6. The van der Waals surface area contributed by atoms with Gasteiger partial charge in [-0.25, -0.2) is 14.4 Å². The van der Waals surface area contributed by atoms with Gasteiger partial charge < -0.3 is 94.1 Å². The Balaban J connectivity index is 1.12. The van der Waals surface area contributed by atoms with Crippen LogP contribution in [-0.4, -0.2) is 204 Å². The largest absolute Gasteiger partial charge is 0.479 e. The molecule has 3 heterocycles. The monoisotopic (exact) mass is 1120 g/mol. The van der Waals surface area contributed by atoms with Crippen LogP contribution in [0.15, 0.2) is 34.9 Å². The van der Waals surface area contributed by atoms with Crippen molar-refractivity contribution in [3.05, 3.63) is 34.9 Å². The Kier molecular flexibility index (Phi) is 17.7. The third-order valence-electron chi connectivity index (χ3n) is 21.3. The molecular weight excluding hydrogens is 1040 g/mol. The summed E-state index contributed by atoms with van der Waals surface area (Å²) >= 11 is 0. The van der Waals surface area contributed by atoms with Gasteiger partial charge in [0.1, 0.15) is 67.1 Å². The number of aliphatic hydroxyl groups is 10. The van der Waals surface area contributed by atoms with E-state index in [1.807, 2.05) is 13.8 Å². The number of ether oxygens (including phenoxy) is 8. The van der Waals surface area contributed by atoms with E-state index in [0.717, 1.165) is 5.57 Å². The molecule has 448 valence electrons. The smallest absolute Gasteiger partial charge is 0.335 e. The lowest BCUT2D eigenvalue weighted by Crippen LogP contribution is -2.72. The van der Waals surface area contributed by atoms with E-state index in [2.05, 4.69) is 40.7 Å². The van der Waals surface area contributed by atoms with Gasteiger partial charge in [-0.15, -0.1) is 0 Å². The van der Waals surface area contributed by atoms with Crippen LogP contribution in [0.5, 0.6) is 0 Å². The Labute approximate surface area is 461 Å². The summed E-state index contributed by atoms with van der Waals surface area (Å²) in [5, 5.41) is 121. The molecule has 0 bridgehead atoms. The van der Waals surface area contributed by atoms with E-state index in [0.29, 0.717) is 49.7 Å². The number of fused-ring (bicyclic) bond motifs is 7. The van der Waals surface area contributed by atoms with E-state index in [4.69, 9.17) is 37.9 Å². The highest BCUT2D eigenvalue weighted by Gasteiger charge is 2.74. The molecule has 0 spiro atoms. The van der Waals surface area contributed by atoms with Gasteiger partial charge in [0, 0.05) is 16.6 Å². The minimum Gasteiger partial charge on any atom is -0.479 e. The zero-order chi connectivity index (χ0) is 58.4. The Morgan fingerprint density at radius 1 is 0.646 bits per heavy atom. The average molecular weight is 1130 g/mol. The molecule has 11 N–H and O–H groups in total. The molecule has 8 rings (SSSR count). The van der Waals surface area contributed by atoms with Crippen LogP contribution in [0.4, 0.5) is 0 Å². The second-order valence-corrected chi connectivity index (χ2v) is 26.0. The van der Waals surface area contributed by atoms with Gasteiger partial charge in [-0.3, -0.25) is 0 Å². The number of aliphatic hydroxyl groups excluding tert-OH is 10. The maximum absolute atomic E-state index is 13.8. The lowest BCUT2D eigenvalue weighted by Gasteiger charge is -2.72. The highest BCUT2D eigenvalue weighted by atomic mass is 16.8. The first-order valence-electron chi connectivity index (χ1n) is 28.0. The summed E-state index contributed by atoms with van der Waals surface area (Å²) in [6.45, 7) is 19.4. The number of hydrogen-bond acceptors (Lipinski definition) is 21. The van der Waals surface area contributed by atoms with Gasteiger partial charge in [0.15, 0.2) is 31.1 Å². The van der Waals surface area contributed by atoms with E-state index in [1.54, 1.807) is 39.8 Å². The molecule has 7 fully saturated rings. The quantitative estimate of drug-likeness (QED) is 0.0505. The molecule has 22 nitrogen and oxygen atoms in total. The number of carbonyl (C=O) groups excluding carboxylic acids is 2. The van der Waals surface area contributed by atoms with Crippen molar-refractivity contribution in [3.8, 4) is 0 Å². The van der Waals surface area contributed by atoms with Crippen molar-refractivity contribution in [2.24, 2.45) is 50.2 Å². The summed E-state index contributed by atoms with van der Waals surface area (Å²) in [4.78, 5) is 40.3. The fraction of sp³-hybridized carbons (Fsp3) is 0.842. The lowest BCUT2D eigenvalue weighted by molar-refractivity contribution is -0.386. The summed E-state index contributed by atoms with van der Waals surface area (Å²) in [5.41, 5.74) is -2.71. The molecule has 4 saturated carbocycles. The number of rotatable bonds is 14. The topological polar surface area (TPSA) is 348 Å². The maximum atomic E-state index is 13.8. The van der Waals surface area contributed by atoms with E-state index in [1.165, 1.54) is 0 Å². The molecule has 12 unspecified atom stereocenters. The number of carboxylic acids is 1. The number of hydrogen-bond donors (Lipinski definition) is 11. The SMILES string of the molecule is C/C=C(/C)C(=O)O[C@H]1[C@H](OC(=O)/C(C)=C\C)C2(CO)C(CC1(C)C)C1=CCC3[C@@]4(C)CC[C@H](O[C@@H]5OC(C(=O)O)[C@@H](O)C(O[C@@H]6O[C@@H](CO)C(O)C6O)C5O[C@@H]5OC(CO)[C@H](O)C(O)C5O)C(C)(C)C4CC[C@@]3(C)[C@]1(C)C[C@H]2O. The van der Waals surface area contributed by atoms with Gasteiger partial charge >= 0.3 is 17.9 Å². The second-order valence-electron chi connectivity index (χ2n) is 26.0. The first-order valence-corrected chi connectivity index (χ1v) is 28.0. The fourth-order valence-electron chi connectivity index (χ4n) is 16.2. The van der Waals surface area contributed by atoms with Gasteiger partial charge in [0.2, 0.25) is 0 Å². The van der Waals surface area contributed by atoms with Crippen LogP contribution in [0.2, 0.25) is 0 Å². The number of carboxylic acid groups (broad SMARTS) is 1. The molecule has 0 aromatic heterocycles. The molecule has 25 atom stereocenters. The standard InChI is InChI=1S/C57H88O22/c1-12-25(3)47(70)78-44-45(79-48(71)26(4)13-2)57(24-60)28(20-52(44,5)6)27-14-15-32-54(9)18-17-34(53(7,8)31(54)16-19-55(32,10)56(27,11)21-33(57)61)74-51-43(77-50-39(66)37(64)35(62)29(22-58)72-50)41(40(67)42(76-51)46(68)69)75-49-38(65)36(63)30(23-59)73-49/h12-14,28-45,49-51,58-67H,15-24H2,1-11H3,(H,68,69)/b25-12-,26-13-/t28?,29?,30-,31?,32?,33+,34-,35-,36?,37?,38?,39?,40-,41?,42?,43?,44-,45-,49-,50-,51+,54-,55+,56+,57?/m0/s1. The van der Waals surface area contributed by atoms with E-state index in [-0.39, 0.29) is 23.7 Å². The number of aliphatic carboxylic acids is 1.